The van der Waals surface area contributed by atoms with Crippen LogP contribution >= 0.6 is 11.3 Å². The molecule has 0 unspecified atom stereocenters. The zero-order valence-corrected chi connectivity index (χ0v) is 23.3. The molecule has 2 amide bonds. The monoisotopic (exact) mass is 569 g/mol. The number of aromatic nitrogens is 1. The Labute approximate surface area is 246 Å². The topological polar surface area (TPSA) is 112 Å². The zero-order valence-electron chi connectivity index (χ0n) is 22.5. The van der Waals surface area contributed by atoms with Crippen LogP contribution in [0.25, 0.3) is 32.5 Å². The smallest absolute Gasteiger partial charge is 0.255 e. The predicted octanol–water partition coefficient (Wildman–Crippen LogP) is 7.37. The number of hydrogen-bond donors (Lipinski definition) is 5. The molecule has 0 saturated carbocycles. The molecule has 7 rings (SSSR count). The Morgan fingerprint density at radius 2 is 1.67 bits per heavy atom. The molecule has 206 valence electrons. The molecule has 6 aromatic rings. The maximum atomic E-state index is 13.0. The third-order valence-electron chi connectivity index (χ3n) is 7.61. The molecule has 1 atom stereocenters. The molecule has 0 spiro atoms. The molecule has 6 N–H and O–H groups in total. The maximum absolute atomic E-state index is 13.0. The molecule has 7 nitrogen and oxygen atoms in total. The van der Waals surface area contributed by atoms with Crippen LogP contribution in [0.15, 0.2) is 109 Å². The lowest BCUT2D eigenvalue weighted by molar-refractivity contribution is -0.117. The number of H-pyrrole nitrogens is 1. The quantitative estimate of drug-likeness (QED) is 0.135. The fourth-order valence-corrected chi connectivity index (χ4v) is 6.08. The fraction of sp³-hybridized carbons (Fsp3) is 0.0588. The fourth-order valence-electron chi connectivity index (χ4n) is 5.36. The molecule has 1 aliphatic heterocycles. The van der Waals surface area contributed by atoms with Gasteiger partial charge < -0.3 is 26.7 Å². The molecule has 3 heterocycles. The van der Waals surface area contributed by atoms with Crippen molar-refractivity contribution in [3.8, 4) is 21.6 Å². The number of rotatable bonds is 6. The van der Waals surface area contributed by atoms with Gasteiger partial charge in [-0.3, -0.25) is 9.59 Å². The van der Waals surface area contributed by atoms with Crippen LogP contribution in [0.5, 0.6) is 0 Å². The van der Waals surface area contributed by atoms with Crippen LogP contribution in [0.1, 0.15) is 15.9 Å². The Morgan fingerprint density at radius 1 is 0.857 bits per heavy atom. The first-order chi connectivity index (χ1) is 20.5. The lowest BCUT2D eigenvalue weighted by Gasteiger charge is -2.27. The Balaban J connectivity index is 1.05. The maximum Gasteiger partial charge on any atom is 0.255 e. The normalized spacial score (nSPS) is 14.2. The molecule has 0 aliphatic carbocycles. The number of aromatic amines is 1. The van der Waals surface area contributed by atoms with Crippen LogP contribution < -0.4 is 21.7 Å². The molecular weight excluding hydrogens is 542 g/mol. The van der Waals surface area contributed by atoms with Gasteiger partial charge in [0.15, 0.2) is 0 Å². The number of hydrogen-bond acceptors (Lipinski definition) is 5. The molecule has 4 aromatic carbocycles. The Morgan fingerprint density at radius 3 is 2.50 bits per heavy atom. The Bertz CT molecular complexity index is 1940. The molecule has 0 fully saturated rings. The van der Waals surface area contributed by atoms with Crippen molar-refractivity contribution in [1.29, 1.82) is 0 Å². The number of nitrogens with two attached hydrogens (primary N) is 1. The SMILES string of the molecule is Nc1ccc(-c2cccs2)cc1NC(=O)c1ccc(-c2ccc3c(c2)NC(=O)[C@H](Cc2c[nH]c4ccccc24)N3)cc1. The van der Waals surface area contributed by atoms with Gasteiger partial charge in [-0.25, -0.2) is 0 Å². The second-order valence-electron chi connectivity index (χ2n) is 10.3. The number of nitrogen functional groups attached to an aromatic ring is 1. The van der Waals surface area contributed by atoms with Crippen LogP contribution in [0.3, 0.4) is 0 Å². The average molecular weight is 570 g/mol. The summed E-state index contributed by atoms with van der Waals surface area (Å²) in [5, 5.41) is 12.6. The van der Waals surface area contributed by atoms with E-state index in [0.717, 1.165) is 49.4 Å². The van der Waals surface area contributed by atoms with Crippen LogP contribution in [0.2, 0.25) is 0 Å². The summed E-state index contributed by atoms with van der Waals surface area (Å²) < 4.78 is 0. The van der Waals surface area contributed by atoms with Crippen LogP contribution in [-0.4, -0.2) is 22.8 Å². The Hall–Kier alpha value is -5.34. The molecule has 1 aliphatic rings. The van der Waals surface area contributed by atoms with E-state index in [1.807, 2.05) is 90.4 Å². The van der Waals surface area contributed by atoms with E-state index >= 15 is 0 Å². The largest absolute Gasteiger partial charge is 0.397 e. The van der Waals surface area contributed by atoms with Crippen molar-refractivity contribution in [2.24, 2.45) is 0 Å². The number of anilines is 4. The third-order valence-corrected chi connectivity index (χ3v) is 8.53. The summed E-state index contributed by atoms with van der Waals surface area (Å²) in [5.74, 6) is -0.306. The molecule has 0 saturated heterocycles. The highest BCUT2D eigenvalue weighted by Gasteiger charge is 2.26. The highest BCUT2D eigenvalue weighted by molar-refractivity contribution is 7.13. The van der Waals surface area contributed by atoms with Crippen LogP contribution in [-0.2, 0) is 11.2 Å². The Kier molecular flexibility index (Phi) is 6.45. The summed E-state index contributed by atoms with van der Waals surface area (Å²) >= 11 is 1.63. The molecule has 0 radical (unpaired) electrons. The average Bonchev–Trinajstić information content (AvgIpc) is 3.70. The van der Waals surface area contributed by atoms with Gasteiger partial charge in [0.25, 0.3) is 5.91 Å². The zero-order chi connectivity index (χ0) is 28.6. The molecule has 8 heteroatoms. The minimum absolute atomic E-state index is 0.0700. The van der Waals surface area contributed by atoms with E-state index in [2.05, 4.69) is 27.0 Å². The summed E-state index contributed by atoms with van der Waals surface area (Å²) in [5.41, 5.74) is 14.4. The van der Waals surface area contributed by atoms with Crippen molar-refractivity contribution in [2.45, 2.75) is 12.5 Å². The summed E-state index contributed by atoms with van der Waals surface area (Å²) in [4.78, 5) is 30.4. The minimum Gasteiger partial charge on any atom is -0.397 e. The van der Waals surface area contributed by atoms with Gasteiger partial charge in [0, 0.05) is 34.0 Å². The van der Waals surface area contributed by atoms with Crippen molar-refractivity contribution in [2.75, 3.05) is 21.7 Å². The highest BCUT2D eigenvalue weighted by Crippen LogP contribution is 2.34. The molecule has 2 aromatic heterocycles. The minimum atomic E-state index is -0.375. The summed E-state index contributed by atoms with van der Waals surface area (Å²) in [6.07, 6.45) is 2.55. The van der Waals surface area contributed by atoms with Crippen molar-refractivity contribution < 1.29 is 9.59 Å². The number of carbonyl (C=O) groups excluding carboxylic acids is 2. The first-order valence-corrected chi connectivity index (χ1v) is 14.5. The van der Waals surface area contributed by atoms with E-state index in [0.29, 0.717) is 23.4 Å². The number of nitrogens with one attached hydrogen (secondary N) is 4. The summed E-state index contributed by atoms with van der Waals surface area (Å²) in [6.45, 7) is 0. The van der Waals surface area contributed by atoms with Gasteiger partial charge in [-0.15, -0.1) is 11.3 Å². The third kappa shape index (κ3) is 4.88. The van der Waals surface area contributed by atoms with E-state index in [4.69, 9.17) is 5.73 Å². The number of fused-ring (bicyclic) bond motifs is 2. The standard InChI is InChI=1S/C34H27N5O2S/c35-26-13-11-23(32-6-3-15-42-32)17-29(26)38-33(40)21-9-7-20(8-10-21)22-12-14-28-30(16-22)39-34(41)31(37-28)18-24-19-36-27-5-2-1-4-25(24)27/h1-17,19,31,36-37H,18,35H2,(H,38,40)(H,39,41)/t31-/m0/s1. The van der Waals surface area contributed by atoms with Crippen molar-refractivity contribution in [3.63, 3.8) is 0 Å². The first-order valence-electron chi connectivity index (χ1n) is 13.6. The molecular formula is C34H27N5O2S. The van der Waals surface area contributed by atoms with E-state index in [9.17, 15) is 9.59 Å². The van der Waals surface area contributed by atoms with Gasteiger partial charge in [0.2, 0.25) is 5.91 Å². The van der Waals surface area contributed by atoms with Gasteiger partial charge in [-0.2, -0.15) is 0 Å². The van der Waals surface area contributed by atoms with Gasteiger partial charge in [-0.1, -0.05) is 48.5 Å². The van der Waals surface area contributed by atoms with Crippen LogP contribution in [0.4, 0.5) is 22.7 Å². The van der Waals surface area contributed by atoms with Gasteiger partial charge in [-0.05, 0) is 76.2 Å². The summed E-state index contributed by atoms with van der Waals surface area (Å²) in [7, 11) is 0. The number of thiophene rings is 1. The molecule has 0 bridgehead atoms. The second kappa shape index (κ2) is 10.6. The van der Waals surface area contributed by atoms with Crippen LogP contribution in [0, 0.1) is 0 Å². The van der Waals surface area contributed by atoms with Gasteiger partial charge >= 0.3 is 0 Å². The highest BCUT2D eigenvalue weighted by atomic mass is 32.1. The van der Waals surface area contributed by atoms with E-state index in [1.54, 1.807) is 23.5 Å². The summed E-state index contributed by atoms with van der Waals surface area (Å²) in [6, 6.07) is 30.7. The number of benzene rings is 4. The van der Waals surface area contributed by atoms with Crippen molar-refractivity contribution in [1.82, 2.24) is 4.98 Å². The van der Waals surface area contributed by atoms with E-state index in [1.165, 1.54) is 0 Å². The van der Waals surface area contributed by atoms with E-state index in [-0.39, 0.29) is 17.9 Å². The van der Waals surface area contributed by atoms with Gasteiger partial charge in [0.05, 0.1) is 22.7 Å². The van der Waals surface area contributed by atoms with Crippen molar-refractivity contribution in [3.05, 3.63) is 120 Å². The van der Waals surface area contributed by atoms with E-state index < -0.39 is 0 Å². The number of carbonyl (C=O) groups is 2. The van der Waals surface area contributed by atoms with Crippen molar-refractivity contribution >= 4 is 56.8 Å². The number of para-hydroxylation sites is 1. The second-order valence-corrected chi connectivity index (χ2v) is 11.3. The molecule has 42 heavy (non-hydrogen) atoms. The number of amides is 2. The van der Waals surface area contributed by atoms with Gasteiger partial charge in [0.1, 0.15) is 6.04 Å². The lowest BCUT2D eigenvalue weighted by Crippen LogP contribution is -2.40. The first kappa shape index (κ1) is 25.6. The predicted molar refractivity (Wildman–Crippen MR) is 172 cm³/mol. The lowest BCUT2D eigenvalue weighted by atomic mass is 9.99.